The van der Waals surface area contributed by atoms with E-state index in [9.17, 15) is 4.79 Å². The molecular formula is C15H24N4O3. The first-order valence-electron chi connectivity index (χ1n) is 7.59. The van der Waals surface area contributed by atoms with Gasteiger partial charge in [-0.05, 0) is 26.7 Å². The molecule has 0 unspecified atom stereocenters. The number of piperidine rings is 1. The van der Waals surface area contributed by atoms with Gasteiger partial charge in [-0.1, -0.05) is 0 Å². The second-order valence-corrected chi connectivity index (χ2v) is 5.34. The summed E-state index contributed by atoms with van der Waals surface area (Å²) < 4.78 is 5.00. The summed E-state index contributed by atoms with van der Waals surface area (Å²) in [6, 6.07) is 0.374. The Bertz CT molecular complexity index is 516. The maximum atomic E-state index is 11.8. The summed E-state index contributed by atoms with van der Waals surface area (Å²) in [5.74, 6) is 0.268. The lowest BCUT2D eigenvalue weighted by atomic mass is 10.1. The fourth-order valence-corrected chi connectivity index (χ4v) is 2.61. The number of aryl methyl sites for hydroxylation is 1. The number of anilines is 1. The number of hydroxylamine groups is 2. The van der Waals surface area contributed by atoms with Crippen LogP contribution >= 0.6 is 0 Å². The highest BCUT2D eigenvalue weighted by atomic mass is 16.7. The topological polar surface area (TPSA) is 67.8 Å². The van der Waals surface area contributed by atoms with E-state index in [1.54, 1.807) is 27.2 Å². The van der Waals surface area contributed by atoms with Crippen molar-refractivity contribution in [1.29, 1.82) is 0 Å². The molecule has 0 aliphatic carbocycles. The molecule has 0 aromatic carbocycles. The number of esters is 1. The minimum absolute atomic E-state index is 0.345. The van der Waals surface area contributed by atoms with Crippen molar-refractivity contribution < 1.29 is 14.4 Å². The van der Waals surface area contributed by atoms with Crippen molar-refractivity contribution in [2.75, 3.05) is 38.8 Å². The van der Waals surface area contributed by atoms with E-state index < -0.39 is 0 Å². The van der Waals surface area contributed by atoms with Crippen LogP contribution in [0.1, 0.15) is 35.8 Å². The molecule has 1 fully saturated rings. The van der Waals surface area contributed by atoms with Gasteiger partial charge in [-0.15, -0.1) is 0 Å². The fourth-order valence-electron chi connectivity index (χ4n) is 2.61. The monoisotopic (exact) mass is 308 g/mol. The quantitative estimate of drug-likeness (QED) is 0.762. The van der Waals surface area contributed by atoms with Crippen molar-refractivity contribution >= 4 is 11.9 Å². The molecule has 1 aliphatic rings. The Morgan fingerprint density at radius 3 is 2.68 bits per heavy atom. The number of aromatic nitrogens is 2. The molecule has 2 rings (SSSR count). The van der Waals surface area contributed by atoms with Crippen molar-refractivity contribution in [2.45, 2.75) is 32.7 Å². The van der Waals surface area contributed by atoms with Gasteiger partial charge in [0.2, 0.25) is 5.95 Å². The summed E-state index contributed by atoms with van der Waals surface area (Å²) in [7, 11) is 3.69. The van der Waals surface area contributed by atoms with E-state index in [2.05, 4.69) is 14.9 Å². The van der Waals surface area contributed by atoms with Crippen LogP contribution in [0.5, 0.6) is 0 Å². The number of nitrogens with zero attached hydrogens (tertiary/aromatic N) is 4. The molecule has 0 amide bonds. The maximum absolute atomic E-state index is 11.8. The smallest absolute Gasteiger partial charge is 0.341 e. The van der Waals surface area contributed by atoms with E-state index in [0.717, 1.165) is 25.9 Å². The van der Waals surface area contributed by atoms with Crippen LogP contribution in [0, 0.1) is 6.92 Å². The molecule has 0 radical (unpaired) electrons. The summed E-state index contributed by atoms with van der Waals surface area (Å²) in [5, 5.41) is 1.96. The molecule has 1 aliphatic heterocycles. The van der Waals surface area contributed by atoms with Crippen molar-refractivity contribution in [3.63, 3.8) is 0 Å². The highest BCUT2D eigenvalue weighted by Gasteiger charge is 2.24. The first kappa shape index (κ1) is 16.6. The van der Waals surface area contributed by atoms with Crippen LogP contribution in [0.3, 0.4) is 0 Å². The van der Waals surface area contributed by atoms with Crippen molar-refractivity contribution in [3.8, 4) is 0 Å². The van der Waals surface area contributed by atoms with Crippen molar-refractivity contribution in [1.82, 2.24) is 15.0 Å². The molecule has 0 N–H and O–H groups in total. The van der Waals surface area contributed by atoms with Gasteiger partial charge in [0.15, 0.2) is 0 Å². The molecule has 2 heterocycles. The van der Waals surface area contributed by atoms with Crippen LogP contribution < -0.4 is 4.90 Å². The van der Waals surface area contributed by atoms with Crippen LogP contribution in [0.4, 0.5) is 5.95 Å². The Labute approximate surface area is 131 Å². The number of hydrogen-bond donors (Lipinski definition) is 0. The highest BCUT2D eigenvalue weighted by Crippen LogP contribution is 2.20. The van der Waals surface area contributed by atoms with E-state index >= 15 is 0 Å². The number of hydrogen-bond acceptors (Lipinski definition) is 7. The summed E-state index contributed by atoms with van der Waals surface area (Å²) in [6.45, 7) is 5.72. The number of carbonyl (C=O) groups excluding carboxylic acids is 1. The molecule has 0 bridgehead atoms. The predicted molar refractivity (Wildman–Crippen MR) is 82.7 cm³/mol. The molecule has 7 nitrogen and oxygen atoms in total. The normalized spacial score (nSPS) is 16.5. The lowest BCUT2D eigenvalue weighted by Crippen LogP contribution is -2.43. The Balaban J connectivity index is 2.06. The molecule has 1 saturated heterocycles. The molecule has 1 aromatic rings. The van der Waals surface area contributed by atoms with E-state index in [-0.39, 0.29) is 5.97 Å². The first-order valence-corrected chi connectivity index (χ1v) is 7.59. The molecule has 0 spiro atoms. The van der Waals surface area contributed by atoms with Crippen LogP contribution in [-0.4, -0.2) is 60.9 Å². The average molecular weight is 308 g/mol. The molecule has 7 heteroatoms. The zero-order valence-electron chi connectivity index (χ0n) is 13.7. The summed E-state index contributed by atoms with van der Waals surface area (Å²) in [4.78, 5) is 27.9. The summed E-state index contributed by atoms with van der Waals surface area (Å²) in [6.07, 6.45) is 3.54. The van der Waals surface area contributed by atoms with Crippen LogP contribution in [-0.2, 0) is 9.57 Å². The molecule has 122 valence electrons. The fraction of sp³-hybridized carbons (Fsp3) is 0.667. The third kappa shape index (κ3) is 3.72. The minimum Gasteiger partial charge on any atom is -0.462 e. The first-order chi connectivity index (χ1) is 10.6. The minimum atomic E-state index is -0.373. The number of rotatable bonds is 5. The second-order valence-electron chi connectivity index (χ2n) is 5.34. The summed E-state index contributed by atoms with van der Waals surface area (Å²) in [5.41, 5.74) is 1.07. The number of carbonyl (C=O) groups is 1. The molecule has 22 heavy (non-hydrogen) atoms. The highest BCUT2D eigenvalue weighted by molar-refractivity contribution is 5.90. The van der Waals surface area contributed by atoms with Crippen LogP contribution in [0.15, 0.2) is 6.20 Å². The Kier molecular flexibility index (Phi) is 5.68. The van der Waals surface area contributed by atoms with Gasteiger partial charge in [0.25, 0.3) is 0 Å². The van der Waals surface area contributed by atoms with Gasteiger partial charge in [0.05, 0.1) is 25.0 Å². The Morgan fingerprint density at radius 2 is 2.14 bits per heavy atom. The molecular weight excluding hydrogens is 284 g/mol. The SMILES string of the molecule is CCOC(=O)c1cnc(N(C)C2CCN(OC)CC2)nc1C. The van der Waals surface area contributed by atoms with E-state index in [1.165, 1.54) is 0 Å². The van der Waals surface area contributed by atoms with Crippen LogP contribution in [0.25, 0.3) is 0 Å². The van der Waals surface area contributed by atoms with Gasteiger partial charge >= 0.3 is 5.97 Å². The van der Waals surface area contributed by atoms with E-state index in [1.807, 2.05) is 12.1 Å². The predicted octanol–water partition coefficient (Wildman–Crippen LogP) is 1.42. The maximum Gasteiger partial charge on any atom is 0.341 e. The van der Waals surface area contributed by atoms with Gasteiger partial charge in [-0.2, -0.15) is 5.06 Å². The van der Waals surface area contributed by atoms with Gasteiger partial charge in [0, 0.05) is 32.4 Å². The van der Waals surface area contributed by atoms with Gasteiger partial charge in [-0.3, -0.25) is 0 Å². The van der Waals surface area contributed by atoms with Gasteiger partial charge < -0.3 is 14.5 Å². The van der Waals surface area contributed by atoms with Crippen LogP contribution in [0.2, 0.25) is 0 Å². The Morgan fingerprint density at radius 1 is 1.45 bits per heavy atom. The van der Waals surface area contributed by atoms with Crippen molar-refractivity contribution in [3.05, 3.63) is 17.5 Å². The average Bonchev–Trinajstić information content (AvgIpc) is 2.54. The van der Waals surface area contributed by atoms with Crippen molar-refractivity contribution in [2.24, 2.45) is 0 Å². The third-order valence-corrected chi connectivity index (χ3v) is 4.01. The second kappa shape index (κ2) is 7.51. The standard InChI is InChI=1S/C15H24N4O3/c1-5-22-14(20)13-10-16-15(17-11(13)2)18(3)12-6-8-19(21-4)9-7-12/h10,12H,5-9H2,1-4H3. The summed E-state index contributed by atoms with van der Waals surface area (Å²) >= 11 is 0. The lowest BCUT2D eigenvalue weighted by molar-refractivity contribution is -0.143. The molecule has 0 saturated carbocycles. The van der Waals surface area contributed by atoms with Gasteiger partial charge in [-0.25, -0.2) is 14.8 Å². The Hall–Kier alpha value is -1.73. The van der Waals surface area contributed by atoms with E-state index in [4.69, 9.17) is 9.57 Å². The van der Waals surface area contributed by atoms with Gasteiger partial charge in [0.1, 0.15) is 0 Å². The molecule has 1 aromatic heterocycles. The zero-order chi connectivity index (χ0) is 16.1. The third-order valence-electron chi connectivity index (χ3n) is 4.01. The lowest BCUT2D eigenvalue weighted by Gasteiger charge is -2.35. The zero-order valence-corrected chi connectivity index (χ0v) is 13.7. The molecule has 0 atom stereocenters. The largest absolute Gasteiger partial charge is 0.462 e. The number of ether oxygens (including phenoxy) is 1. The van der Waals surface area contributed by atoms with E-state index in [0.29, 0.717) is 29.9 Å².